The lowest BCUT2D eigenvalue weighted by Crippen LogP contribution is -2.57. The zero-order valence-electron chi connectivity index (χ0n) is 21.3. The van der Waals surface area contributed by atoms with Crippen LogP contribution in [0.15, 0.2) is 42.5 Å². The van der Waals surface area contributed by atoms with E-state index in [-0.39, 0.29) is 30.2 Å². The lowest BCUT2D eigenvalue weighted by atomic mass is 9.66. The van der Waals surface area contributed by atoms with Crippen LogP contribution in [0.2, 0.25) is 0 Å². The molecular formula is C28H35N3O5. The van der Waals surface area contributed by atoms with E-state index in [0.29, 0.717) is 18.5 Å². The summed E-state index contributed by atoms with van der Waals surface area (Å²) in [6.45, 7) is 5.56. The molecule has 0 aromatic heterocycles. The second kappa shape index (κ2) is 8.85. The van der Waals surface area contributed by atoms with Gasteiger partial charge in [-0.25, -0.2) is 0 Å². The zero-order valence-corrected chi connectivity index (χ0v) is 21.3. The molecule has 2 aromatic carbocycles. The minimum Gasteiger partial charge on any atom is -0.394 e. The molecule has 3 N–H and O–H groups in total. The van der Waals surface area contributed by atoms with E-state index in [4.69, 9.17) is 4.74 Å². The number of aliphatic hydroxyl groups is 1. The minimum atomic E-state index is -1.12. The van der Waals surface area contributed by atoms with Crippen molar-refractivity contribution in [1.82, 2.24) is 10.2 Å². The molecule has 3 fully saturated rings. The molecule has 2 aromatic rings. The van der Waals surface area contributed by atoms with Gasteiger partial charge in [-0.15, -0.1) is 0 Å². The van der Waals surface area contributed by atoms with E-state index in [1.54, 1.807) is 7.05 Å². The van der Waals surface area contributed by atoms with Crippen molar-refractivity contribution in [2.45, 2.75) is 63.3 Å². The van der Waals surface area contributed by atoms with E-state index in [1.165, 1.54) is 4.90 Å². The van der Waals surface area contributed by atoms with Gasteiger partial charge in [0, 0.05) is 12.7 Å². The van der Waals surface area contributed by atoms with Crippen LogP contribution in [0.4, 0.5) is 5.69 Å². The molecular weight excluding hydrogens is 458 g/mol. The highest BCUT2D eigenvalue weighted by Gasteiger charge is 2.78. The van der Waals surface area contributed by atoms with Crippen molar-refractivity contribution in [3.05, 3.63) is 42.5 Å². The number of ether oxygens (including phenoxy) is 1. The molecule has 0 saturated carbocycles. The summed E-state index contributed by atoms with van der Waals surface area (Å²) in [6.07, 6.45) is 1.80. The van der Waals surface area contributed by atoms with Crippen LogP contribution in [0.3, 0.4) is 0 Å². The number of anilines is 1. The molecule has 1 spiro atoms. The first-order chi connectivity index (χ1) is 17.2. The Balaban J connectivity index is 1.58. The maximum absolute atomic E-state index is 14.1. The Morgan fingerprint density at radius 2 is 1.89 bits per heavy atom. The zero-order chi connectivity index (χ0) is 25.8. The first kappa shape index (κ1) is 24.7. The Labute approximate surface area is 211 Å². The number of amides is 3. The van der Waals surface area contributed by atoms with Crippen LogP contribution in [-0.2, 0) is 19.1 Å². The third kappa shape index (κ3) is 3.45. The molecule has 8 heteroatoms. The molecule has 0 radical (unpaired) electrons. The smallest absolute Gasteiger partial charge is 0.250 e. The van der Waals surface area contributed by atoms with Crippen LogP contribution >= 0.6 is 0 Å². The molecule has 3 aliphatic heterocycles. The van der Waals surface area contributed by atoms with E-state index >= 15 is 0 Å². The van der Waals surface area contributed by atoms with Gasteiger partial charge in [-0.2, -0.15) is 0 Å². The highest BCUT2D eigenvalue weighted by molar-refractivity contribution is 6.04. The van der Waals surface area contributed by atoms with Crippen LogP contribution < -0.4 is 10.6 Å². The normalized spacial score (nSPS) is 32.4. The fourth-order valence-corrected chi connectivity index (χ4v) is 6.87. The van der Waals surface area contributed by atoms with Crippen LogP contribution in [0.25, 0.3) is 10.8 Å². The Bertz CT molecular complexity index is 1220. The number of nitrogens with one attached hydrogen (secondary N) is 2. The van der Waals surface area contributed by atoms with Gasteiger partial charge in [-0.05, 0) is 48.6 Å². The van der Waals surface area contributed by atoms with Gasteiger partial charge in [0.25, 0.3) is 0 Å². The predicted octanol–water partition coefficient (Wildman–Crippen LogP) is 2.70. The fourth-order valence-electron chi connectivity index (χ4n) is 6.87. The van der Waals surface area contributed by atoms with E-state index in [2.05, 4.69) is 10.6 Å². The molecule has 3 heterocycles. The van der Waals surface area contributed by atoms with Crippen LogP contribution in [0, 0.1) is 17.8 Å². The van der Waals surface area contributed by atoms with Crippen LogP contribution in [-0.4, -0.2) is 64.7 Å². The molecule has 3 saturated heterocycles. The second-order valence-corrected chi connectivity index (χ2v) is 10.8. The van der Waals surface area contributed by atoms with Crippen molar-refractivity contribution < 1.29 is 24.2 Å². The average molecular weight is 494 g/mol. The third-order valence-electron chi connectivity index (χ3n) is 8.85. The monoisotopic (exact) mass is 493 g/mol. The van der Waals surface area contributed by atoms with Gasteiger partial charge in [0.2, 0.25) is 17.7 Å². The van der Waals surface area contributed by atoms with Crippen molar-refractivity contribution in [2.24, 2.45) is 17.8 Å². The maximum atomic E-state index is 14.1. The van der Waals surface area contributed by atoms with E-state index in [1.807, 2.05) is 63.2 Å². The second-order valence-electron chi connectivity index (χ2n) is 10.8. The van der Waals surface area contributed by atoms with Crippen LogP contribution in [0.5, 0.6) is 0 Å². The predicted molar refractivity (Wildman–Crippen MR) is 136 cm³/mol. The van der Waals surface area contributed by atoms with Crippen molar-refractivity contribution in [1.29, 1.82) is 0 Å². The number of carbonyl (C=O) groups is 3. The number of hydrogen-bond donors (Lipinski definition) is 3. The molecule has 3 aliphatic rings. The van der Waals surface area contributed by atoms with Crippen molar-refractivity contribution >= 4 is 34.2 Å². The lowest BCUT2D eigenvalue weighted by molar-refractivity contribution is -0.149. The molecule has 192 valence electrons. The Morgan fingerprint density at radius 3 is 2.56 bits per heavy atom. The van der Waals surface area contributed by atoms with E-state index in [0.717, 1.165) is 17.2 Å². The number of nitrogens with zero attached hydrogens (tertiary/aromatic N) is 1. The fraction of sp³-hybridized carbons (Fsp3) is 0.536. The van der Waals surface area contributed by atoms with Gasteiger partial charge in [-0.3, -0.25) is 14.4 Å². The molecule has 0 aliphatic carbocycles. The Kier molecular flexibility index (Phi) is 6.08. The number of fused-ring (bicyclic) bond motifs is 2. The minimum absolute atomic E-state index is 0.0450. The van der Waals surface area contributed by atoms with Crippen molar-refractivity contribution in [2.75, 3.05) is 19.0 Å². The molecule has 2 bridgehead atoms. The summed E-state index contributed by atoms with van der Waals surface area (Å²) >= 11 is 0. The quantitative estimate of drug-likeness (QED) is 0.550. The summed E-state index contributed by atoms with van der Waals surface area (Å²) in [5.41, 5.74) is -1.32. The first-order valence-electron chi connectivity index (χ1n) is 12.8. The molecule has 3 amide bonds. The largest absolute Gasteiger partial charge is 0.394 e. The molecule has 8 nitrogen and oxygen atoms in total. The SMILES string of the molecule is CC[C@H](C)[C@H](CO)N1C(=O)[C@@H]2[C@H](C(=O)NC)[C@]3(C)CCC2(O3)C1C(=O)Nc1ccc2ccccc2c1. The summed E-state index contributed by atoms with van der Waals surface area (Å²) in [6, 6.07) is 12.1. The van der Waals surface area contributed by atoms with Gasteiger partial charge in [0.15, 0.2) is 0 Å². The highest BCUT2D eigenvalue weighted by Crippen LogP contribution is 2.63. The Hall–Kier alpha value is -2.97. The third-order valence-corrected chi connectivity index (χ3v) is 8.85. The standard InChI is InChI=1S/C28H35N3O5/c1-5-16(2)20(15-32)31-23(25(34)30-19-11-10-17-8-6-7-9-18(17)14-19)28-13-12-27(3,36-28)21(24(33)29-4)22(28)26(31)35/h6-11,14,16,20-23,32H,5,12-13,15H2,1-4H3,(H,29,33)(H,30,34)/t16-,20-,21+,22-,23?,27-,28?/m0/s1. The Morgan fingerprint density at radius 1 is 1.17 bits per heavy atom. The summed E-state index contributed by atoms with van der Waals surface area (Å²) in [4.78, 5) is 42.7. The number of benzene rings is 2. The van der Waals surface area contributed by atoms with Gasteiger partial charge in [0.05, 0.1) is 30.1 Å². The molecule has 7 atom stereocenters. The summed E-state index contributed by atoms with van der Waals surface area (Å²) in [7, 11) is 1.56. The van der Waals surface area contributed by atoms with Crippen molar-refractivity contribution in [3.63, 3.8) is 0 Å². The topological polar surface area (TPSA) is 108 Å². The van der Waals surface area contributed by atoms with Gasteiger partial charge >= 0.3 is 0 Å². The number of likely N-dealkylation sites (tertiary alicyclic amines) is 1. The van der Waals surface area contributed by atoms with Gasteiger partial charge in [-0.1, -0.05) is 50.6 Å². The molecule has 36 heavy (non-hydrogen) atoms. The summed E-state index contributed by atoms with van der Waals surface area (Å²) < 4.78 is 6.59. The number of aliphatic hydroxyl groups excluding tert-OH is 1. The number of hydrogen-bond acceptors (Lipinski definition) is 5. The first-order valence-corrected chi connectivity index (χ1v) is 12.8. The lowest BCUT2D eigenvalue weighted by Gasteiger charge is -2.39. The number of carbonyl (C=O) groups excluding carboxylic acids is 3. The van der Waals surface area contributed by atoms with Crippen molar-refractivity contribution in [3.8, 4) is 0 Å². The highest BCUT2D eigenvalue weighted by atomic mass is 16.5. The van der Waals surface area contributed by atoms with Gasteiger partial charge in [0.1, 0.15) is 11.6 Å². The summed E-state index contributed by atoms with van der Waals surface area (Å²) in [5, 5.41) is 18.1. The molecule has 5 rings (SSSR count). The average Bonchev–Trinajstić information content (AvgIpc) is 3.44. The van der Waals surface area contributed by atoms with Gasteiger partial charge < -0.3 is 25.4 Å². The van der Waals surface area contributed by atoms with Crippen LogP contribution in [0.1, 0.15) is 40.0 Å². The van der Waals surface area contributed by atoms with E-state index in [9.17, 15) is 19.5 Å². The maximum Gasteiger partial charge on any atom is 0.250 e. The number of rotatable bonds is 7. The van der Waals surface area contributed by atoms with E-state index < -0.39 is 35.1 Å². The summed E-state index contributed by atoms with van der Waals surface area (Å²) in [5.74, 6) is -2.41. The molecule has 2 unspecified atom stereocenters.